The molecule has 21 heavy (non-hydrogen) atoms. The van der Waals surface area contributed by atoms with Crippen LogP contribution in [0.5, 0.6) is 0 Å². The molecule has 1 atom stereocenters. The van der Waals surface area contributed by atoms with Gasteiger partial charge < -0.3 is 4.74 Å². The lowest BCUT2D eigenvalue weighted by atomic mass is 9.96. The maximum atomic E-state index is 12.0. The van der Waals surface area contributed by atoms with Gasteiger partial charge in [0, 0.05) is 12.5 Å². The molecule has 0 aliphatic heterocycles. The number of nitro benzene ring substituents is 1. The van der Waals surface area contributed by atoms with Gasteiger partial charge in [0.15, 0.2) is 11.9 Å². The second kappa shape index (κ2) is 6.71. The Kier molecular flexibility index (Phi) is 4.95. The molecule has 6 nitrogen and oxygen atoms in total. The molecule has 112 valence electrons. The third kappa shape index (κ3) is 3.60. The Morgan fingerprint density at radius 2 is 2.19 bits per heavy atom. The highest BCUT2D eigenvalue weighted by Crippen LogP contribution is 2.29. The lowest BCUT2D eigenvalue weighted by molar-refractivity contribution is -0.387. The van der Waals surface area contributed by atoms with Crippen LogP contribution in [0.4, 0.5) is 5.69 Å². The molecule has 1 saturated carbocycles. The van der Waals surface area contributed by atoms with E-state index in [0.29, 0.717) is 17.7 Å². The Labute approximate surface area is 126 Å². The standard InChI is InChI=1S/C14H15NO5S/c1-21-13-7-6-9(8-10(13)15(18)19)14(17)20-12-5-3-2-4-11(12)16/h6-8,12H,2-5H2,1H3/t12-/m0/s1. The van der Waals surface area contributed by atoms with E-state index in [2.05, 4.69) is 0 Å². The molecule has 0 saturated heterocycles. The molecule has 1 aromatic rings. The Morgan fingerprint density at radius 1 is 1.43 bits per heavy atom. The predicted octanol–water partition coefficient (Wildman–Crippen LogP) is 2.99. The first-order valence-corrected chi connectivity index (χ1v) is 7.81. The van der Waals surface area contributed by atoms with Gasteiger partial charge in [-0.15, -0.1) is 11.8 Å². The Morgan fingerprint density at radius 3 is 2.81 bits per heavy atom. The number of carbonyl (C=O) groups excluding carboxylic acids is 2. The summed E-state index contributed by atoms with van der Waals surface area (Å²) in [6.45, 7) is 0. The molecule has 1 aliphatic carbocycles. The summed E-state index contributed by atoms with van der Waals surface area (Å²) in [5.74, 6) is -0.768. The molecule has 1 aliphatic rings. The summed E-state index contributed by atoms with van der Waals surface area (Å²) >= 11 is 1.23. The summed E-state index contributed by atoms with van der Waals surface area (Å²) in [4.78, 5) is 34.6. The first-order valence-electron chi connectivity index (χ1n) is 6.59. The monoisotopic (exact) mass is 309 g/mol. The van der Waals surface area contributed by atoms with E-state index in [1.807, 2.05) is 0 Å². The van der Waals surface area contributed by atoms with Crippen LogP contribution < -0.4 is 0 Å². The summed E-state index contributed by atoms with van der Waals surface area (Å²) in [5.41, 5.74) is -0.0372. The Balaban J connectivity index is 2.17. The van der Waals surface area contributed by atoms with Crippen LogP contribution in [0.3, 0.4) is 0 Å². The summed E-state index contributed by atoms with van der Waals surface area (Å²) < 4.78 is 5.18. The second-order valence-electron chi connectivity index (χ2n) is 4.75. The summed E-state index contributed by atoms with van der Waals surface area (Å²) in [6, 6.07) is 4.19. The fraction of sp³-hybridized carbons (Fsp3) is 0.429. The lowest BCUT2D eigenvalue weighted by Crippen LogP contribution is -2.30. The minimum absolute atomic E-state index is 0.0789. The van der Waals surface area contributed by atoms with Crippen LogP contribution in [-0.4, -0.2) is 29.0 Å². The molecular weight excluding hydrogens is 294 g/mol. The van der Waals surface area contributed by atoms with Crippen molar-refractivity contribution in [1.82, 2.24) is 0 Å². The fourth-order valence-corrected chi connectivity index (χ4v) is 2.78. The highest BCUT2D eigenvalue weighted by atomic mass is 32.2. The number of hydrogen-bond donors (Lipinski definition) is 0. The highest BCUT2D eigenvalue weighted by molar-refractivity contribution is 7.98. The van der Waals surface area contributed by atoms with E-state index in [0.717, 1.165) is 12.8 Å². The van der Waals surface area contributed by atoms with Gasteiger partial charge in [0.05, 0.1) is 15.4 Å². The molecule has 7 heteroatoms. The molecule has 0 heterocycles. The van der Waals surface area contributed by atoms with Gasteiger partial charge in [0.1, 0.15) is 0 Å². The van der Waals surface area contributed by atoms with Crippen LogP contribution in [0.1, 0.15) is 36.0 Å². The van der Waals surface area contributed by atoms with Gasteiger partial charge in [0.25, 0.3) is 5.69 Å². The summed E-state index contributed by atoms with van der Waals surface area (Å²) in [6.07, 6.45) is 3.61. The number of nitrogens with zero attached hydrogens (tertiary/aromatic N) is 1. The fourth-order valence-electron chi connectivity index (χ4n) is 2.23. The van der Waals surface area contributed by atoms with Gasteiger partial charge in [-0.3, -0.25) is 14.9 Å². The SMILES string of the molecule is CSc1ccc(C(=O)O[C@H]2CCCCC2=O)cc1[N+](=O)[O-]. The van der Waals surface area contributed by atoms with Gasteiger partial charge in [-0.1, -0.05) is 0 Å². The van der Waals surface area contributed by atoms with Crippen LogP contribution in [0.2, 0.25) is 0 Å². The molecule has 0 bridgehead atoms. The van der Waals surface area contributed by atoms with Gasteiger partial charge in [-0.05, 0) is 37.7 Å². The number of carbonyl (C=O) groups is 2. The quantitative estimate of drug-likeness (QED) is 0.368. The van der Waals surface area contributed by atoms with Crippen molar-refractivity contribution in [2.45, 2.75) is 36.7 Å². The van der Waals surface area contributed by atoms with Gasteiger partial charge in [-0.25, -0.2) is 4.79 Å². The predicted molar refractivity (Wildman–Crippen MR) is 77.6 cm³/mol. The minimum atomic E-state index is -0.717. The zero-order valence-electron chi connectivity index (χ0n) is 11.5. The maximum absolute atomic E-state index is 12.0. The van der Waals surface area contributed by atoms with E-state index in [4.69, 9.17) is 4.74 Å². The number of Topliss-reactive ketones (excluding diaryl/α,β-unsaturated/α-hetero) is 1. The minimum Gasteiger partial charge on any atom is -0.451 e. The van der Waals surface area contributed by atoms with E-state index in [9.17, 15) is 19.7 Å². The molecule has 1 aromatic carbocycles. The van der Waals surface area contributed by atoms with Crippen LogP contribution >= 0.6 is 11.8 Å². The van der Waals surface area contributed by atoms with Crippen molar-refractivity contribution in [2.75, 3.05) is 6.26 Å². The van der Waals surface area contributed by atoms with Crippen molar-refractivity contribution >= 4 is 29.2 Å². The van der Waals surface area contributed by atoms with E-state index in [-0.39, 0.29) is 17.0 Å². The average Bonchev–Trinajstić information content (AvgIpc) is 2.48. The largest absolute Gasteiger partial charge is 0.451 e. The Bertz CT molecular complexity index is 587. The molecule has 0 spiro atoms. The van der Waals surface area contributed by atoms with Gasteiger partial charge in [0.2, 0.25) is 0 Å². The Hall–Kier alpha value is -1.89. The highest BCUT2D eigenvalue weighted by Gasteiger charge is 2.27. The molecule has 2 rings (SSSR count). The van der Waals surface area contributed by atoms with Gasteiger partial charge >= 0.3 is 5.97 Å². The number of ketones is 1. The average molecular weight is 309 g/mol. The van der Waals surface area contributed by atoms with Crippen molar-refractivity contribution in [3.05, 3.63) is 33.9 Å². The summed E-state index contributed by atoms with van der Waals surface area (Å²) in [7, 11) is 0. The molecule has 0 aromatic heterocycles. The number of esters is 1. The number of hydrogen-bond acceptors (Lipinski definition) is 6. The molecule has 0 unspecified atom stereocenters. The van der Waals surface area contributed by atoms with Crippen molar-refractivity contribution in [2.24, 2.45) is 0 Å². The van der Waals surface area contributed by atoms with Crippen molar-refractivity contribution in [1.29, 1.82) is 0 Å². The van der Waals surface area contributed by atoms with Crippen LogP contribution in [0.15, 0.2) is 23.1 Å². The van der Waals surface area contributed by atoms with E-state index in [1.165, 1.54) is 30.0 Å². The lowest BCUT2D eigenvalue weighted by Gasteiger charge is -2.20. The van der Waals surface area contributed by atoms with E-state index in [1.54, 1.807) is 6.26 Å². The van der Waals surface area contributed by atoms with E-state index >= 15 is 0 Å². The van der Waals surface area contributed by atoms with Crippen molar-refractivity contribution < 1.29 is 19.2 Å². The first-order chi connectivity index (χ1) is 10.0. The van der Waals surface area contributed by atoms with Crippen LogP contribution in [0, 0.1) is 10.1 Å². The molecule has 0 amide bonds. The smallest absolute Gasteiger partial charge is 0.339 e. The molecule has 0 radical (unpaired) electrons. The number of benzene rings is 1. The van der Waals surface area contributed by atoms with Crippen molar-refractivity contribution in [3.8, 4) is 0 Å². The van der Waals surface area contributed by atoms with Crippen LogP contribution in [-0.2, 0) is 9.53 Å². The molecule has 0 N–H and O–H groups in total. The molecular formula is C14H15NO5S. The van der Waals surface area contributed by atoms with E-state index < -0.39 is 17.0 Å². The number of rotatable bonds is 4. The third-order valence-electron chi connectivity index (χ3n) is 3.36. The first kappa shape index (κ1) is 15.5. The van der Waals surface area contributed by atoms with Gasteiger partial charge in [-0.2, -0.15) is 0 Å². The second-order valence-corrected chi connectivity index (χ2v) is 5.60. The summed E-state index contributed by atoms with van der Waals surface area (Å²) in [5, 5.41) is 11.0. The zero-order valence-corrected chi connectivity index (χ0v) is 12.4. The topological polar surface area (TPSA) is 86.5 Å². The van der Waals surface area contributed by atoms with Crippen LogP contribution in [0.25, 0.3) is 0 Å². The molecule has 1 fully saturated rings. The normalized spacial score (nSPS) is 18.3. The number of nitro groups is 1. The van der Waals surface area contributed by atoms with Crippen molar-refractivity contribution in [3.63, 3.8) is 0 Å². The zero-order chi connectivity index (χ0) is 15.4. The third-order valence-corrected chi connectivity index (χ3v) is 4.14. The number of ether oxygens (including phenoxy) is 1. The number of thioether (sulfide) groups is 1. The maximum Gasteiger partial charge on any atom is 0.339 e.